The molecule has 0 aromatic heterocycles. The predicted octanol–water partition coefficient (Wildman–Crippen LogP) is 4.48. The molecule has 0 aliphatic carbocycles. The van der Waals surface area contributed by atoms with Crippen LogP contribution in [-0.2, 0) is 11.3 Å². The minimum absolute atomic E-state index is 0.148. The number of methoxy groups -OCH3 is 1. The number of anilines is 1. The first-order valence-electron chi connectivity index (χ1n) is 7.45. The summed E-state index contributed by atoms with van der Waals surface area (Å²) in [5.41, 5.74) is 2.23. The monoisotopic (exact) mass is 425 g/mol. The minimum Gasteiger partial charge on any atom is -0.496 e. The number of hydrogen-bond donors (Lipinski definition) is 1. The van der Waals surface area contributed by atoms with Gasteiger partial charge >= 0.3 is 0 Å². The molecule has 1 N–H and O–H groups in total. The number of ether oxygens (including phenoxy) is 2. The molecular weight excluding hydrogens is 405 g/mol. The van der Waals surface area contributed by atoms with Crippen LogP contribution in [0.4, 0.5) is 5.69 Å². The van der Waals surface area contributed by atoms with E-state index in [-0.39, 0.29) is 5.91 Å². The molecule has 2 aromatic carbocycles. The van der Waals surface area contributed by atoms with Gasteiger partial charge in [-0.3, -0.25) is 4.79 Å². The van der Waals surface area contributed by atoms with Crippen LogP contribution in [-0.4, -0.2) is 19.6 Å². The van der Waals surface area contributed by atoms with Gasteiger partial charge in [0.05, 0.1) is 13.7 Å². The molecule has 4 nitrogen and oxygen atoms in total. The zero-order valence-corrected chi connectivity index (χ0v) is 15.4. The second-order valence-corrected chi connectivity index (χ2v) is 6.29. The van der Waals surface area contributed by atoms with Crippen molar-refractivity contribution in [1.29, 1.82) is 0 Å². The topological polar surface area (TPSA) is 47.6 Å². The van der Waals surface area contributed by atoms with Gasteiger partial charge in [0.1, 0.15) is 5.75 Å². The summed E-state index contributed by atoms with van der Waals surface area (Å²) < 4.78 is 12.0. The molecule has 0 aliphatic rings. The maximum absolute atomic E-state index is 12.4. The van der Waals surface area contributed by atoms with Gasteiger partial charge in [-0.2, -0.15) is 0 Å². The molecule has 0 unspecified atom stereocenters. The van der Waals surface area contributed by atoms with E-state index < -0.39 is 0 Å². The fraction of sp³-hybridized carbons (Fsp3) is 0.278. The van der Waals surface area contributed by atoms with Crippen molar-refractivity contribution in [3.8, 4) is 5.75 Å². The van der Waals surface area contributed by atoms with Crippen molar-refractivity contribution < 1.29 is 14.3 Å². The van der Waals surface area contributed by atoms with Crippen LogP contribution in [0.15, 0.2) is 42.5 Å². The highest BCUT2D eigenvalue weighted by Gasteiger charge is 2.11. The molecule has 0 bridgehead atoms. The highest BCUT2D eigenvalue weighted by atomic mass is 127. The number of amides is 1. The van der Waals surface area contributed by atoms with Crippen molar-refractivity contribution in [3.05, 3.63) is 57.2 Å². The Morgan fingerprint density at radius 2 is 1.91 bits per heavy atom. The molecule has 0 heterocycles. The Balaban J connectivity index is 2.12. The van der Waals surface area contributed by atoms with E-state index in [4.69, 9.17) is 9.47 Å². The number of nitrogens with one attached hydrogen (secondary N) is 1. The van der Waals surface area contributed by atoms with E-state index in [9.17, 15) is 4.79 Å². The summed E-state index contributed by atoms with van der Waals surface area (Å²) in [5, 5.41) is 2.89. The molecule has 0 saturated carbocycles. The highest BCUT2D eigenvalue weighted by Crippen LogP contribution is 2.22. The van der Waals surface area contributed by atoms with Crippen LogP contribution in [0.3, 0.4) is 0 Å². The number of hydrogen-bond acceptors (Lipinski definition) is 3. The molecule has 0 fully saturated rings. The van der Waals surface area contributed by atoms with Crippen LogP contribution in [0.25, 0.3) is 0 Å². The third kappa shape index (κ3) is 5.21. The van der Waals surface area contributed by atoms with Gasteiger partial charge in [-0.05, 0) is 71.5 Å². The first kappa shape index (κ1) is 17.7. The van der Waals surface area contributed by atoms with Crippen molar-refractivity contribution in [2.45, 2.75) is 20.0 Å². The molecule has 1 amide bonds. The zero-order valence-electron chi connectivity index (χ0n) is 13.3. The average Bonchev–Trinajstić information content (AvgIpc) is 2.57. The van der Waals surface area contributed by atoms with Gasteiger partial charge in [0.25, 0.3) is 5.91 Å². The van der Waals surface area contributed by atoms with Gasteiger partial charge in [-0.1, -0.05) is 6.92 Å². The Morgan fingerprint density at radius 1 is 1.17 bits per heavy atom. The molecule has 0 spiro atoms. The van der Waals surface area contributed by atoms with E-state index in [2.05, 4.69) is 34.8 Å². The standard InChI is InChI=1S/C18H20INO3/c1-3-10-23-12-14-11-13(4-9-17(14)22-2)18(21)20-16-7-5-15(19)6-8-16/h4-9,11H,3,10,12H2,1-2H3,(H,20,21). The van der Waals surface area contributed by atoms with E-state index >= 15 is 0 Å². The van der Waals surface area contributed by atoms with Crippen molar-refractivity contribution in [2.75, 3.05) is 19.0 Å². The lowest BCUT2D eigenvalue weighted by Gasteiger charge is -2.11. The van der Waals surface area contributed by atoms with Crippen LogP contribution in [0.1, 0.15) is 29.3 Å². The van der Waals surface area contributed by atoms with Gasteiger partial charge in [0, 0.05) is 27.0 Å². The summed E-state index contributed by atoms with van der Waals surface area (Å²) in [7, 11) is 1.62. The van der Waals surface area contributed by atoms with Crippen LogP contribution >= 0.6 is 22.6 Å². The van der Waals surface area contributed by atoms with Gasteiger partial charge in [0.2, 0.25) is 0 Å². The van der Waals surface area contributed by atoms with Gasteiger partial charge in [0.15, 0.2) is 0 Å². The first-order valence-corrected chi connectivity index (χ1v) is 8.53. The van der Waals surface area contributed by atoms with Gasteiger partial charge in [-0.25, -0.2) is 0 Å². The Bertz CT molecular complexity index is 656. The summed E-state index contributed by atoms with van der Waals surface area (Å²) in [6.45, 7) is 3.17. The summed E-state index contributed by atoms with van der Waals surface area (Å²) in [6.07, 6.45) is 0.954. The fourth-order valence-electron chi connectivity index (χ4n) is 2.10. The van der Waals surface area contributed by atoms with E-state index in [0.717, 1.165) is 27.0 Å². The van der Waals surface area contributed by atoms with E-state index in [1.807, 2.05) is 30.3 Å². The molecule has 23 heavy (non-hydrogen) atoms. The lowest BCUT2D eigenvalue weighted by Crippen LogP contribution is -2.12. The number of halogens is 1. The third-order valence-electron chi connectivity index (χ3n) is 3.25. The molecule has 0 saturated heterocycles. The number of carbonyl (C=O) groups excluding carboxylic acids is 1. The summed E-state index contributed by atoms with van der Waals surface area (Å²) in [6, 6.07) is 13.0. The molecule has 2 aromatic rings. The molecular formula is C18H20INO3. The average molecular weight is 425 g/mol. The highest BCUT2D eigenvalue weighted by molar-refractivity contribution is 14.1. The molecule has 122 valence electrons. The minimum atomic E-state index is -0.148. The Kier molecular flexibility index (Phi) is 6.85. The Morgan fingerprint density at radius 3 is 2.57 bits per heavy atom. The predicted molar refractivity (Wildman–Crippen MR) is 100 cm³/mol. The Hall–Kier alpha value is -1.60. The van der Waals surface area contributed by atoms with Crippen molar-refractivity contribution in [1.82, 2.24) is 0 Å². The Labute approximate surface area is 150 Å². The SMILES string of the molecule is CCCOCc1cc(C(=O)Nc2ccc(I)cc2)ccc1OC. The van der Waals surface area contributed by atoms with Crippen LogP contribution < -0.4 is 10.1 Å². The largest absolute Gasteiger partial charge is 0.496 e. The van der Waals surface area contributed by atoms with Crippen LogP contribution in [0, 0.1) is 3.57 Å². The van der Waals surface area contributed by atoms with Crippen molar-refractivity contribution in [2.24, 2.45) is 0 Å². The summed E-state index contributed by atoms with van der Waals surface area (Å²) in [4.78, 5) is 12.4. The molecule has 0 radical (unpaired) electrons. The van der Waals surface area contributed by atoms with Crippen LogP contribution in [0.2, 0.25) is 0 Å². The second-order valence-electron chi connectivity index (χ2n) is 5.04. The van der Waals surface area contributed by atoms with Gasteiger partial charge < -0.3 is 14.8 Å². The third-order valence-corrected chi connectivity index (χ3v) is 3.97. The second kappa shape index (κ2) is 8.88. The zero-order chi connectivity index (χ0) is 16.7. The number of carbonyl (C=O) groups is 1. The van der Waals surface area contributed by atoms with E-state index in [1.165, 1.54) is 0 Å². The van der Waals surface area contributed by atoms with Crippen molar-refractivity contribution >= 4 is 34.2 Å². The van der Waals surface area contributed by atoms with Crippen molar-refractivity contribution in [3.63, 3.8) is 0 Å². The maximum Gasteiger partial charge on any atom is 0.255 e. The fourth-order valence-corrected chi connectivity index (χ4v) is 2.46. The maximum atomic E-state index is 12.4. The van der Waals surface area contributed by atoms with E-state index in [1.54, 1.807) is 19.2 Å². The lowest BCUT2D eigenvalue weighted by atomic mass is 10.1. The number of benzene rings is 2. The molecule has 2 rings (SSSR count). The smallest absolute Gasteiger partial charge is 0.255 e. The van der Waals surface area contributed by atoms with Crippen LogP contribution in [0.5, 0.6) is 5.75 Å². The summed E-state index contributed by atoms with van der Waals surface area (Å²) in [5.74, 6) is 0.581. The lowest BCUT2D eigenvalue weighted by molar-refractivity contribution is 0.102. The summed E-state index contributed by atoms with van der Waals surface area (Å²) >= 11 is 2.23. The van der Waals surface area contributed by atoms with E-state index in [0.29, 0.717) is 18.8 Å². The molecule has 5 heteroatoms. The number of rotatable bonds is 7. The normalized spacial score (nSPS) is 10.4. The first-order chi connectivity index (χ1) is 11.1. The molecule has 0 atom stereocenters. The van der Waals surface area contributed by atoms with Gasteiger partial charge in [-0.15, -0.1) is 0 Å². The molecule has 0 aliphatic heterocycles. The quantitative estimate of drug-likeness (QED) is 0.526.